The summed E-state index contributed by atoms with van der Waals surface area (Å²) >= 11 is 0. The molecule has 18 heavy (non-hydrogen) atoms. The van der Waals surface area contributed by atoms with E-state index in [0.717, 1.165) is 11.8 Å². The van der Waals surface area contributed by atoms with E-state index in [0.29, 0.717) is 12.1 Å². The van der Waals surface area contributed by atoms with Crippen molar-refractivity contribution in [3.63, 3.8) is 0 Å². The predicted molar refractivity (Wildman–Crippen MR) is 78.6 cm³/mol. The van der Waals surface area contributed by atoms with Crippen LogP contribution in [0, 0.1) is 11.8 Å². The van der Waals surface area contributed by atoms with Crippen LogP contribution in [0.2, 0.25) is 0 Å². The van der Waals surface area contributed by atoms with E-state index >= 15 is 0 Å². The first-order valence-electron chi connectivity index (χ1n) is 7.53. The van der Waals surface area contributed by atoms with E-state index in [1.54, 1.807) is 0 Å². The van der Waals surface area contributed by atoms with Crippen molar-refractivity contribution < 1.29 is 0 Å². The molecule has 0 saturated heterocycles. The van der Waals surface area contributed by atoms with Crippen LogP contribution >= 0.6 is 0 Å². The van der Waals surface area contributed by atoms with E-state index in [4.69, 9.17) is 0 Å². The van der Waals surface area contributed by atoms with Gasteiger partial charge in [-0.05, 0) is 30.2 Å². The predicted octanol–water partition coefficient (Wildman–Crippen LogP) is 4.55. The Morgan fingerprint density at radius 2 is 1.89 bits per heavy atom. The van der Waals surface area contributed by atoms with Crippen LogP contribution in [-0.4, -0.2) is 6.04 Å². The number of hydrogen-bond acceptors (Lipinski definition) is 1. The van der Waals surface area contributed by atoms with E-state index in [2.05, 4.69) is 56.4 Å². The fourth-order valence-corrected chi connectivity index (χ4v) is 3.21. The molecule has 1 aliphatic rings. The first-order valence-corrected chi connectivity index (χ1v) is 7.53. The summed E-state index contributed by atoms with van der Waals surface area (Å²) in [6.45, 7) is 7.10. The van der Waals surface area contributed by atoms with Gasteiger partial charge in [0, 0.05) is 12.1 Å². The van der Waals surface area contributed by atoms with E-state index in [9.17, 15) is 0 Å². The lowest BCUT2D eigenvalue weighted by Crippen LogP contribution is -2.42. The minimum Gasteiger partial charge on any atom is -0.307 e. The van der Waals surface area contributed by atoms with Crippen LogP contribution < -0.4 is 5.32 Å². The summed E-state index contributed by atoms with van der Waals surface area (Å²) in [5, 5.41) is 3.90. The number of hydrogen-bond donors (Lipinski definition) is 1. The standard InChI is InChI=1S/C17H27N/c1-4-16(15-10-6-5-7-11-15)18-17-12-8-9-13(2)14(17)3/h5-7,10-11,13-14,16-18H,4,8-9,12H2,1-3H3. The van der Waals surface area contributed by atoms with Crippen LogP contribution in [0.3, 0.4) is 0 Å². The van der Waals surface area contributed by atoms with Gasteiger partial charge in [0.15, 0.2) is 0 Å². The molecule has 1 N–H and O–H groups in total. The third-order valence-corrected chi connectivity index (χ3v) is 4.73. The fraction of sp³-hybridized carbons (Fsp3) is 0.647. The Balaban J connectivity index is 2.02. The largest absolute Gasteiger partial charge is 0.307 e. The third-order valence-electron chi connectivity index (χ3n) is 4.73. The molecule has 1 aliphatic carbocycles. The molecule has 1 heteroatoms. The van der Waals surface area contributed by atoms with Crippen molar-refractivity contribution in [2.24, 2.45) is 11.8 Å². The molecular weight excluding hydrogens is 218 g/mol. The summed E-state index contributed by atoms with van der Waals surface area (Å²) < 4.78 is 0. The maximum atomic E-state index is 3.90. The molecule has 4 unspecified atom stereocenters. The molecule has 0 amide bonds. The molecule has 1 nitrogen and oxygen atoms in total. The molecule has 1 fully saturated rings. The highest BCUT2D eigenvalue weighted by Gasteiger charge is 2.28. The molecule has 0 heterocycles. The Bertz CT molecular complexity index is 346. The minimum absolute atomic E-state index is 0.518. The molecule has 0 spiro atoms. The Labute approximate surface area is 112 Å². The van der Waals surface area contributed by atoms with Gasteiger partial charge in [-0.1, -0.05) is 63.9 Å². The van der Waals surface area contributed by atoms with Gasteiger partial charge < -0.3 is 5.32 Å². The highest BCUT2D eigenvalue weighted by Crippen LogP contribution is 2.31. The Morgan fingerprint density at radius 1 is 1.17 bits per heavy atom. The van der Waals surface area contributed by atoms with E-state index < -0.39 is 0 Å². The van der Waals surface area contributed by atoms with Crippen LogP contribution in [0.25, 0.3) is 0 Å². The summed E-state index contributed by atoms with van der Waals surface area (Å²) in [6, 6.07) is 12.1. The lowest BCUT2D eigenvalue weighted by atomic mass is 9.77. The van der Waals surface area contributed by atoms with Gasteiger partial charge in [0.05, 0.1) is 0 Å². The summed E-state index contributed by atoms with van der Waals surface area (Å²) in [5.41, 5.74) is 1.44. The molecule has 1 saturated carbocycles. The summed E-state index contributed by atoms with van der Waals surface area (Å²) in [7, 11) is 0. The highest BCUT2D eigenvalue weighted by molar-refractivity contribution is 5.19. The minimum atomic E-state index is 0.518. The van der Waals surface area contributed by atoms with Gasteiger partial charge in [-0.3, -0.25) is 0 Å². The van der Waals surface area contributed by atoms with Gasteiger partial charge in [0.25, 0.3) is 0 Å². The zero-order valence-corrected chi connectivity index (χ0v) is 12.0. The highest BCUT2D eigenvalue weighted by atomic mass is 15.0. The molecule has 1 aromatic carbocycles. The van der Waals surface area contributed by atoms with Crippen LogP contribution in [0.5, 0.6) is 0 Å². The number of benzene rings is 1. The molecule has 0 bridgehead atoms. The van der Waals surface area contributed by atoms with Crippen LogP contribution in [-0.2, 0) is 0 Å². The van der Waals surface area contributed by atoms with Crippen LogP contribution in [0.4, 0.5) is 0 Å². The smallest absolute Gasteiger partial charge is 0.0320 e. The summed E-state index contributed by atoms with van der Waals surface area (Å²) in [4.78, 5) is 0. The van der Waals surface area contributed by atoms with Gasteiger partial charge in [-0.25, -0.2) is 0 Å². The Kier molecular flexibility index (Phi) is 4.82. The molecule has 0 aromatic heterocycles. The number of rotatable bonds is 4. The van der Waals surface area contributed by atoms with Gasteiger partial charge in [-0.15, -0.1) is 0 Å². The number of nitrogens with one attached hydrogen (secondary N) is 1. The average Bonchev–Trinajstić information content (AvgIpc) is 2.41. The van der Waals surface area contributed by atoms with Crippen molar-refractivity contribution >= 4 is 0 Å². The molecular formula is C17H27N. The Hall–Kier alpha value is -0.820. The molecule has 1 aromatic rings. The first-order chi connectivity index (χ1) is 8.72. The zero-order valence-electron chi connectivity index (χ0n) is 12.0. The average molecular weight is 245 g/mol. The SMILES string of the molecule is CCC(NC1CCCC(C)C1C)c1ccccc1. The van der Waals surface area contributed by atoms with Gasteiger partial charge in [-0.2, -0.15) is 0 Å². The van der Waals surface area contributed by atoms with Crippen molar-refractivity contribution in [2.75, 3.05) is 0 Å². The van der Waals surface area contributed by atoms with E-state index in [1.165, 1.54) is 31.2 Å². The Morgan fingerprint density at radius 3 is 2.56 bits per heavy atom. The van der Waals surface area contributed by atoms with Crippen molar-refractivity contribution in [2.45, 2.75) is 58.5 Å². The van der Waals surface area contributed by atoms with Crippen molar-refractivity contribution in [1.29, 1.82) is 0 Å². The van der Waals surface area contributed by atoms with Crippen LogP contribution in [0.15, 0.2) is 30.3 Å². The quantitative estimate of drug-likeness (QED) is 0.820. The second-order valence-electron chi connectivity index (χ2n) is 5.91. The fourth-order valence-electron chi connectivity index (χ4n) is 3.21. The third kappa shape index (κ3) is 3.14. The molecule has 100 valence electrons. The molecule has 0 radical (unpaired) electrons. The monoisotopic (exact) mass is 245 g/mol. The van der Waals surface area contributed by atoms with E-state index in [1.807, 2.05) is 0 Å². The molecule has 2 rings (SSSR count). The second-order valence-corrected chi connectivity index (χ2v) is 5.91. The lowest BCUT2D eigenvalue weighted by Gasteiger charge is -2.37. The van der Waals surface area contributed by atoms with Gasteiger partial charge in [0.2, 0.25) is 0 Å². The topological polar surface area (TPSA) is 12.0 Å². The molecule has 4 atom stereocenters. The second kappa shape index (κ2) is 6.38. The first kappa shape index (κ1) is 13.6. The van der Waals surface area contributed by atoms with Gasteiger partial charge >= 0.3 is 0 Å². The zero-order chi connectivity index (χ0) is 13.0. The van der Waals surface area contributed by atoms with Crippen molar-refractivity contribution in [3.8, 4) is 0 Å². The summed E-state index contributed by atoms with van der Waals surface area (Å²) in [6.07, 6.45) is 5.30. The normalized spacial score (nSPS) is 30.1. The lowest BCUT2D eigenvalue weighted by molar-refractivity contribution is 0.192. The van der Waals surface area contributed by atoms with Crippen molar-refractivity contribution in [3.05, 3.63) is 35.9 Å². The molecule has 0 aliphatic heterocycles. The summed E-state index contributed by atoms with van der Waals surface area (Å²) in [5.74, 6) is 1.67. The maximum Gasteiger partial charge on any atom is 0.0320 e. The van der Waals surface area contributed by atoms with Gasteiger partial charge in [0.1, 0.15) is 0 Å². The van der Waals surface area contributed by atoms with Crippen LogP contribution in [0.1, 0.15) is 58.1 Å². The maximum absolute atomic E-state index is 3.90. The van der Waals surface area contributed by atoms with Crippen molar-refractivity contribution in [1.82, 2.24) is 5.32 Å². The van der Waals surface area contributed by atoms with E-state index in [-0.39, 0.29) is 0 Å².